The molecule has 2 aromatic rings. The van der Waals surface area contributed by atoms with Crippen LogP contribution in [0.4, 0.5) is 0 Å². The molecular weight excluding hydrogens is 400 g/mol. The molecule has 1 saturated heterocycles. The minimum absolute atomic E-state index is 0.0370. The highest BCUT2D eigenvalue weighted by Crippen LogP contribution is 2.39. The van der Waals surface area contributed by atoms with E-state index in [9.17, 15) is 29.7 Å². The van der Waals surface area contributed by atoms with Gasteiger partial charge >= 0.3 is 0 Å². The minimum atomic E-state index is -2.90. The number of Topliss-reactive ketones (excluding diaryl/α,β-unsaturated/α-hetero) is 3. The Hall–Kier alpha value is -2.71. The molecule has 0 bridgehead atoms. The fourth-order valence-corrected chi connectivity index (χ4v) is 3.80. The molecule has 1 heterocycles. The normalized spacial score (nSPS) is 27.8. The first-order chi connectivity index (χ1) is 14.6. The molecule has 3 rings (SSSR count). The summed E-state index contributed by atoms with van der Waals surface area (Å²) in [4.78, 5) is 39.3. The van der Waals surface area contributed by atoms with Crippen molar-refractivity contribution in [3.8, 4) is 0 Å². The number of benzene rings is 2. The highest BCUT2D eigenvalue weighted by molar-refractivity contribution is 6.10. The van der Waals surface area contributed by atoms with Crippen LogP contribution < -0.4 is 0 Å². The van der Waals surface area contributed by atoms with Crippen LogP contribution in [0.5, 0.6) is 0 Å². The maximum atomic E-state index is 13.4. The molecule has 5 atom stereocenters. The molecular formula is C24H25O7. The van der Waals surface area contributed by atoms with Crippen molar-refractivity contribution in [3.63, 3.8) is 0 Å². The number of hydrogen-bond acceptors (Lipinski definition) is 7. The molecule has 1 radical (unpaired) electrons. The smallest absolute Gasteiger partial charge is 0.200 e. The van der Waals surface area contributed by atoms with Gasteiger partial charge in [0.05, 0.1) is 6.61 Å². The average molecular weight is 425 g/mol. The van der Waals surface area contributed by atoms with E-state index in [4.69, 9.17) is 4.74 Å². The van der Waals surface area contributed by atoms with Gasteiger partial charge in [0.2, 0.25) is 0 Å². The summed E-state index contributed by atoms with van der Waals surface area (Å²) in [6, 6.07) is 16.0. The van der Waals surface area contributed by atoms with Crippen LogP contribution in [-0.4, -0.2) is 56.6 Å². The van der Waals surface area contributed by atoms with Crippen LogP contribution in [-0.2, 0) is 9.53 Å². The molecule has 1 aliphatic rings. The topological polar surface area (TPSA) is 121 Å². The predicted molar refractivity (Wildman–Crippen MR) is 111 cm³/mol. The third kappa shape index (κ3) is 3.85. The predicted octanol–water partition coefficient (Wildman–Crippen LogP) is 1.61. The fourth-order valence-electron chi connectivity index (χ4n) is 3.80. The lowest BCUT2D eigenvalue weighted by molar-refractivity contribution is -0.224. The molecule has 31 heavy (non-hydrogen) atoms. The largest absolute Gasteiger partial charge is 0.387 e. The average Bonchev–Trinajstić information content (AvgIpc) is 2.81. The molecule has 0 saturated carbocycles. The van der Waals surface area contributed by atoms with Gasteiger partial charge < -0.3 is 20.1 Å². The summed E-state index contributed by atoms with van der Waals surface area (Å²) >= 11 is 0. The summed E-state index contributed by atoms with van der Waals surface area (Å²) in [7, 11) is 0. The quantitative estimate of drug-likeness (QED) is 0.576. The monoisotopic (exact) mass is 425 g/mol. The van der Waals surface area contributed by atoms with Gasteiger partial charge in [-0.3, -0.25) is 14.4 Å². The number of hydrogen-bond donors (Lipinski definition) is 3. The van der Waals surface area contributed by atoms with Crippen LogP contribution in [0.2, 0.25) is 0 Å². The Kier molecular flexibility index (Phi) is 6.52. The second-order valence-corrected chi connectivity index (χ2v) is 7.89. The van der Waals surface area contributed by atoms with E-state index < -0.39 is 47.3 Å². The molecule has 0 spiro atoms. The van der Waals surface area contributed by atoms with Gasteiger partial charge in [-0.15, -0.1) is 0 Å². The maximum absolute atomic E-state index is 13.4. The number of carbonyl (C=O) groups is 3. The summed E-state index contributed by atoms with van der Waals surface area (Å²) in [5, 5.41) is 33.0. The van der Waals surface area contributed by atoms with Crippen molar-refractivity contribution < 1.29 is 34.4 Å². The second-order valence-electron chi connectivity index (χ2n) is 7.89. The zero-order chi connectivity index (χ0) is 22.8. The summed E-state index contributed by atoms with van der Waals surface area (Å²) in [5.41, 5.74) is -5.22. The van der Waals surface area contributed by atoms with Crippen LogP contribution in [0, 0.1) is 18.4 Å². The number of ketones is 3. The van der Waals surface area contributed by atoms with Gasteiger partial charge in [0, 0.05) is 23.0 Å². The molecule has 163 valence electrons. The zero-order valence-electron chi connectivity index (χ0n) is 17.3. The number of carbonyl (C=O) groups excluding carboxylic acids is 3. The van der Waals surface area contributed by atoms with Crippen molar-refractivity contribution in [1.82, 2.24) is 0 Å². The highest BCUT2D eigenvalue weighted by Gasteiger charge is 2.66. The van der Waals surface area contributed by atoms with Crippen molar-refractivity contribution in [2.45, 2.75) is 31.2 Å². The molecule has 7 heteroatoms. The Morgan fingerprint density at radius 3 is 1.97 bits per heavy atom. The summed E-state index contributed by atoms with van der Waals surface area (Å²) in [6.45, 7) is 3.02. The van der Waals surface area contributed by atoms with Crippen LogP contribution in [0.15, 0.2) is 60.7 Å². The fraction of sp³-hybridized carbons (Fsp3) is 0.333. The van der Waals surface area contributed by atoms with E-state index in [1.54, 1.807) is 48.5 Å². The lowest BCUT2D eigenvalue weighted by atomic mass is 9.66. The minimum Gasteiger partial charge on any atom is -0.387 e. The van der Waals surface area contributed by atoms with Gasteiger partial charge in [0.1, 0.15) is 12.7 Å². The van der Waals surface area contributed by atoms with Gasteiger partial charge in [-0.1, -0.05) is 74.5 Å². The van der Waals surface area contributed by atoms with E-state index in [1.165, 1.54) is 26.0 Å². The van der Waals surface area contributed by atoms with Crippen molar-refractivity contribution in [2.24, 2.45) is 11.8 Å². The number of aliphatic hydroxyl groups excluding tert-OH is 1. The third-order valence-corrected chi connectivity index (χ3v) is 6.00. The van der Waals surface area contributed by atoms with E-state index >= 15 is 0 Å². The molecule has 2 unspecified atom stereocenters. The SMILES string of the molecule is CC(C(=O)c1ccccc1)C(C)C(=O)[C@@]1(O)[C@@H](O)[CH]OC[C@@]1(O)C(=O)c1ccccc1. The molecule has 2 aromatic carbocycles. The number of rotatable bonds is 7. The van der Waals surface area contributed by atoms with E-state index in [1.807, 2.05) is 0 Å². The lowest BCUT2D eigenvalue weighted by Crippen LogP contribution is -2.74. The van der Waals surface area contributed by atoms with Crippen LogP contribution in [0.25, 0.3) is 0 Å². The molecule has 7 nitrogen and oxygen atoms in total. The van der Waals surface area contributed by atoms with Gasteiger partial charge in [-0.05, 0) is 0 Å². The Labute approximate surface area is 180 Å². The standard InChI is InChI=1S/C24H25O7/c1-15(20(26)17-9-5-3-6-10-17)16(2)21(27)24(30)19(25)13-31-14-23(24,29)22(28)18-11-7-4-8-12-18/h3-13,15-16,19,25,29-30H,14H2,1-2H3/t15?,16?,19-,23+,24-/m0/s1. The maximum Gasteiger partial charge on any atom is 0.200 e. The summed E-state index contributed by atoms with van der Waals surface area (Å²) in [5.74, 6) is -4.33. The highest BCUT2D eigenvalue weighted by atomic mass is 16.5. The Morgan fingerprint density at radius 2 is 1.42 bits per heavy atom. The van der Waals surface area contributed by atoms with Crippen molar-refractivity contribution in [3.05, 3.63) is 78.4 Å². The van der Waals surface area contributed by atoms with Crippen LogP contribution >= 0.6 is 0 Å². The summed E-state index contributed by atoms with van der Waals surface area (Å²) in [6.07, 6.45) is -1.98. The first-order valence-corrected chi connectivity index (χ1v) is 9.95. The molecule has 1 aliphatic heterocycles. The lowest BCUT2D eigenvalue weighted by Gasteiger charge is -2.47. The van der Waals surface area contributed by atoms with Crippen molar-refractivity contribution in [1.29, 1.82) is 0 Å². The number of ether oxygens (including phenoxy) is 1. The van der Waals surface area contributed by atoms with E-state index in [-0.39, 0.29) is 11.3 Å². The van der Waals surface area contributed by atoms with Gasteiger partial charge in [0.25, 0.3) is 0 Å². The Bertz CT molecular complexity index is 958. The van der Waals surface area contributed by atoms with E-state index in [0.717, 1.165) is 6.61 Å². The van der Waals surface area contributed by atoms with Crippen molar-refractivity contribution >= 4 is 17.3 Å². The molecule has 0 aliphatic carbocycles. The van der Waals surface area contributed by atoms with Crippen LogP contribution in [0.3, 0.4) is 0 Å². The van der Waals surface area contributed by atoms with E-state index in [0.29, 0.717) is 5.56 Å². The third-order valence-electron chi connectivity index (χ3n) is 6.00. The van der Waals surface area contributed by atoms with Crippen LogP contribution in [0.1, 0.15) is 34.6 Å². The Morgan fingerprint density at radius 1 is 0.903 bits per heavy atom. The van der Waals surface area contributed by atoms with E-state index in [2.05, 4.69) is 0 Å². The Balaban J connectivity index is 1.96. The second kappa shape index (κ2) is 8.80. The number of aliphatic hydroxyl groups is 3. The molecule has 1 fully saturated rings. The van der Waals surface area contributed by atoms with Gasteiger partial charge in [-0.2, -0.15) is 0 Å². The molecule has 3 N–H and O–H groups in total. The van der Waals surface area contributed by atoms with Gasteiger partial charge in [0.15, 0.2) is 28.6 Å². The van der Waals surface area contributed by atoms with Crippen molar-refractivity contribution in [2.75, 3.05) is 6.61 Å². The van der Waals surface area contributed by atoms with Gasteiger partial charge in [-0.25, -0.2) is 0 Å². The molecule has 0 aromatic heterocycles. The summed E-state index contributed by atoms with van der Waals surface area (Å²) < 4.78 is 5.02. The first-order valence-electron chi connectivity index (χ1n) is 9.95. The zero-order valence-corrected chi connectivity index (χ0v) is 17.3. The first kappa shape index (κ1) is 23.0. The molecule has 0 amide bonds.